The predicted molar refractivity (Wildman–Crippen MR) is 89.2 cm³/mol. The van der Waals surface area contributed by atoms with Crippen molar-refractivity contribution >= 4 is 33.4 Å². The zero-order valence-corrected chi connectivity index (χ0v) is 13.6. The van der Waals surface area contributed by atoms with Gasteiger partial charge in [-0.15, -0.1) is 0 Å². The summed E-state index contributed by atoms with van der Waals surface area (Å²) in [6.45, 7) is 1.99. The van der Waals surface area contributed by atoms with Crippen LogP contribution in [0, 0.1) is 6.92 Å². The molecule has 0 aliphatic rings. The Morgan fingerprint density at radius 2 is 1.90 bits per heavy atom. The maximum atomic E-state index is 6.34. The summed E-state index contributed by atoms with van der Waals surface area (Å²) < 4.78 is 6.11. The average molecular weight is 364 g/mol. The van der Waals surface area contributed by atoms with Gasteiger partial charge in [0.25, 0.3) is 0 Å². The first-order valence-electron chi connectivity index (χ1n) is 6.34. The van der Waals surface area contributed by atoms with Gasteiger partial charge in [-0.05, 0) is 24.6 Å². The molecule has 0 bridgehead atoms. The summed E-state index contributed by atoms with van der Waals surface area (Å²) in [6, 6.07) is 13.6. The lowest BCUT2D eigenvalue weighted by molar-refractivity contribution is 0.439. The number of rotatable bonds is 2. The fourth-order valence-corrected chi connectivity index (χ4v) is 3.03. The SMILES string of the molecule is Cc1ccc(-c2noc(N)c2-c2ccccc2Br)c(Cl)c1. The topological polar surface area (TPSA) is 52.0 Å². The number of hydrogen-bond donors (Lipinski definition) is 1. The van der Waals surface area contributed by atoms with Crippen molar-refractivity contribution in [2.24, 2.45) is 0 Å². The van der Waals surface area contributed by atoms with Crippen LogP contribution in [0.1, 0.15) is 5.56 Å². The monoisotopic (exact) mass is 362 g/mol. The van der Waals surface area contributed by atoms with Crippen molar-refractivity contribution in [1.29, 1.82) is 0 Å². The van der Waals surface area contributed by atoms with Crippen molar-refractivity contribution < 1.29 is 4.52 Å². The lowest BCUT2D eigenvalue weighted by Gasteiger charge is -2.07. The molecule has 21 heavy (non-hydrogen) atoms. The van der Waals surface area contributed by atoms with Crippen molar-refractivity contribution in [2.75, 3.05) is 5.73 Å². The molecule has 0 aliphatic heterocycles. The van der Waals surface area contributed by atoms with E-state index in [-0.39, 0.29) is 5.88 Å². The van der Waals surface area contributed by atoms with E-state index in [9.17, 15) is 0 Å². The van der Waals surface area contributed by atoms with Crippen LogP contribution < -0.4 is 5.73 Å². The molecule has 0 atom stereocenters. The van der Waals surface area contributed by atoms with E-state index >= 15 is 0 Å². The first-order valence-corrected chi connectivity index (χ1v) is 7.51. The van der Waals surface area contributed by atoms with Crippen LogP contribution in [-0.2, 0) is 0 Å². The number of nitrogens with zero attached hydrogens (tertiary/aromatic N) is 1. The van der Waals surface area contributed by atoms with Crippen molar-refractivity contribution in [3.8, 4) is 22.4 Å². The second-order valence-corrected chi connectivity index (χ2v) is 6.00. The number of aryl methyl sites for hydroxylation is 1. The number of aromatic nitrogens is 1. The summed E-state index contributed by atoms with van der Waals surface area (Å²) in [7, 11) is 0. The molecule has 106 valence electrons. The van der Waals surface area contributed by atoms with Gasteiger partial charge in [0, 0.05) is 15.6 Å². The van der Waals surface area contributed by atoms with Crippen LogP contribution in [0.5, 0.6) is 0 Å². The minimum atomic E-state index is 0.272. The molecule has 1 aromatic heterocycles. The van der Waals surface area contributed by atoms with Gasteiger partial charge in [-0.1, -0.05) is 63.0 Å². The van der Waals surface area contributed by atoms with Crippen molar-refractivity contribution in [1.82, 2.24) is 5.16 Å². The molecule has 0 fully saturated rings. The number of nitrogen functional groups attached to an aromatic ring is 1. The normalized spacial score (nSPS) is 10.8. The molecule has 2 N–H and O–H groups in total. The molecule has 0 aliphatic carbocycles. The molecule has 0 saturated heterocycles. The molecule has 3 rings (SSSR count). The van der Waals surface area contributed by atoms with Gasteiger partial charge in [-0.2, -0.15) is 0 Å². The highest BCUT2D eigenvalue weighted by atomic mass is 79.9. The zero-order chi connectivity index (χ0) is 15.0. The molecule has 3 aromatic rings. The van der Waals surface area contributed by atoms with Crippen LogP contribution in [0.4, 0.5) is 5.88 Å². The van der Waals surface area contributed by atoms with E-state index in [0.29, 0.717) is 10.7 Å². The second-order valence-electron chi connectivity index (χ2n) is 4.73. The maximum absolute atomic E-state index is 6.34. The summed E-state index contributed by atoms with van der Waals surface area (Å²) in [5, 5.41) is 4.71. The van der Waals surface area contributed by atoms with Crippen molar-refractivity contribution in [3.63, 3.8) is 0 Å². The van der Waals surface area contributed by atoms with E-state index in [1.54, 1.807) is 0 Å². The molecule has 0 spiro atoms. The van der Waals surface area contributed by atoms with Crippen LogP contribution in [0.2, 0.25) is 5.02 Å². The summed E-state index contributed by atoms with van der Waals surface area (Å²) in [6.07, 6.45) is 0. The van der Waals surface area contributed by atoms with Gasteiger partial charge in [-0.3, -0.25) is 0 Å². The van der Waals surface area contributed by atoms with Crippen LogP contribution >= 0.6 is 27.5 Å². The molecule has 5 heteroatoms. The van der Waals surface area contributed by atoms with Gasteiger partial charge < -0.3 is 10.3 Å². The lowest BCUT2D eigenvalue weighted by atomic mass is 10.0. The van der Waals surface area contributed by atoms with E-state index in [0.717, 1.165) is 26.7 Å². The predicted octanol–water partition coefficient (Wildman–Crippen LogP) is 5.32. The van der Waals surface area contributed by atoms with Crippen molar-refractivity contribution in [2.45, 2.75) is 6.92 Å². The van der Waals surface area contributed by atoms with Crippen molar-refractivity contribution in [3.05, 3.63) is 57.5 Å². The molecule has 2 aromatic carbocycles. The van der Waals surface area contributed by atoms with Crippen LogP contribution in [0.3, 0.4) is 0 Å². The number of nitrogens with two attached hydrogens (primary N) is 1. The Kier molecular flexibility index (Phi) is 3.74. The lowest BCUT2D eigenvalue weighted by Crippen LogP contribution is -1.89. The van der Waals surface area contributed by atoms with Crippen LogP contribution in [0.25, 0.3) is 22.4 Å². The molecule has 0 radical (unpaired) electrons. The van der Waals surface area contributed by atoms with Gasteiger partial charge in [0.2, 0.25) is 5.88 Å². The van der Waals surface area contributed by atoms with E-state index in [4.69, 9.17) is 21.9 Å². The molecule has 1 heterocycles. The Labute approximate surface area is 135 Å². The molecular weight excluding hydrogens is 352 g/mol. The molecule has 0 amide bonds. The van der Waals surface area contributed by atoms with Crippen LogP contribution in [-0.4, -0.2) is 5.16 Å². The summed E-state index contributed by atoms with van der Waals surface area (Å²) in [4.78, 5) is 0. The fraction of sp³-hybridized carbons (Fsp3) is 0.0625. The second kappa shape index (κ2) is 5.54. The Balaban J connectivity index is 2.25. The average Bonchev–Trinajstić information content (AvgIpc) is 2.81. The number of anilines is 1. The zero-order valence-electron chi connectivity index (χ0n) is 11.2. The van der Waals surface area contributed by atoms with E-state index in [1.165, 1.54) is 0 Å². The minimum Gasteiger partial charge on any atom is -0.367 e. The quantitative estimate of drug-likeness (QED) is 0.671. The number of benzene rings is 2. The smallest absolute Gasteiger partial charge is 0.230 e. The van der Waals surface area contributed by atoms with E-state index in [2.05, 4.69) is 21.1 Å². The first kappa shape index (κ1) is 14.2. The highest BCUT2D eigenvalue weighted by Crippen LogP contribution is 2.41. The van der Waals surface area contributed by atoms with Gasteiger partial charge in [0.05, 0.1) is 10.6 Å². The largest absolute Gasteiger partial charge is 0.367 e. The Bertz CT molecular complexity index is 814. The first-order chi connectivity index (χ1) is 10.1. The van der Waals surface area contributed by atoms with Gasteiger partial charge in [-0.25, -0.2) is 0 Å². The number of hydrogen-bond acceptors (Lipinski definition) is 3. The standard InChI is InChI=1S/C16H12BrClN2O/c1-9-6-7-11(13(18)8-9)15-14(16(19)21-20-15)10-4-2-3-5-12(10)17/h2-8H,19H2,1H3. The fourth-order valence-electron chi connectivity index (χ4n) is 2.22. The van der Waals surface area contributed by atoms with Gasteiger partial charge >= 0.3 is 0 Å². The highest BCUT2D eigenvalue weighted by Gasteiger charge is 2.20. The van der Waals surface area contributed by atoms with Crippen LogP contribution in [0.15, 0.2) is 51.5 Å². The number of halogens is 2. The molecular formula is C16H12BrClN2O. The van der Waals surface area contributed by atoms with Gasteiger partial charge in [0.1, 0.15) is 5.69 Å². The Morgan fingerprint density at radius 3 is 2.62 bits per heavy atom. The summed E-state index contributed by atoms with van der Waals surface area (Å²) >= 11 is 9.87. The Morgan fingerprint density at radius 1 is 1.14 bits per heavy atom. The van der Waals surface area contributed by atoms with E-state index in [1.807, 2.05) is 49.4 Å². The molecule has 0 unspecified atom stereocenters. The third-order valence-electron chi connectivity index (χ3n) is 3.24. The van der Waals surface area contributed by atoms with E-state index < -0.39 is 0 Å². The third-order valence-corrected chi connectivity index (χ3v) is 4.25. The maximum Gasteiger partial charge on any atom is 0.230 e. The highest BCUT2D eigenvalue weighted by molar-refractivity contribution is 9.10. The molecule has 3 nitrogen and oxygen atoms in total. The van der Waals surface area contributed by atoms with Gasteiger partial charge in [0.15, 0.2) is 0 Å². The third kappa shape index (κ3) is 2.57. The molecule has 0 saturated carbocycles. The Hall–Kier alpha value is -1.78. The minimum absolute atomic E-state index is 0.272. The summed E-state index contributed by atoms with van der Waals surface area (Å²) in [5.41, 5.74) is 10.2. The summed E-state index contributed by atoms with van der Waals surface area (Å²) in [5.74, 6) is 0.272.